The fourth-order valence-electron chi connectivity index (χ4n) is 3.44. The molecule has 3 rings (SSSR count). The summed E-state index contributed by atoms with van der Waals surface area (Å²) in [5, 5.41) is 0.514. The molecule has 2 amide bonds. The van der Waals surface area contributed by atoms with Crippen molar-refractivity contribution in [1.82, 2.24) is 19.7 Å². The van der Waals surface area contributed by atoms with Gasteiger partial charge in [-0.25, -0.2) is 4.98 Å². The van der Waals surface area contributed by atoms with Crippen LogP contribution in [0.5, 0.6) is 0 Å². The molecular weight excluding hydrogens is 328 g/mol. The molecule has 0 radical (unpaired) electrons. The van der Waals surface area contributed by atoms with E-state index in [1.807, 2.05) is 11.9 Å². The van der Waals surface area contributed by atoms with Crippen molar-refractivity contribution in [3.63, 3.8) is 0 Å². The summed E-state index contributed by atoms with van der Waals surface area (Å²) < 4.78 is 0. The van der Waals surface area contributed by atoms with Gasteiger partial charge in [-0.2, -0.15) is 0 Å². The Morgan fingerprint density at radius 3 is 2.50 bits per heavy atom. The lowest BCUT2D eigenvalue weighted by Crippen LogP contribution is -2.46. The van der Waals surface area contributed by atoms with E-state index in [0.29, 0.717) is 36.9 Å². The van der Waals surface area contributed by atoms with Crippen molar-refractivity contribution < 1.29 is 9.59 Å². The highest BCUT2D eigenvalue weighted by atomic mass is 35.5. The Bertz CT molecular complexity index is 607. The molecule has 0 aliphatic carbocycles. The lowest BCUT2D eigenvalue weighted by molar-refractivity contribution is -0.135. The molecule has 130 valence electrons. The quantitative estimate of drug-likeness (QED) is 0.811. The normalized spacial score (nSPS) is 22.5. The molecule has 0 unspecified atom stereocenters. The van der Waals surface area contributed by atoms with Gasteiger partial charge in [-0.15, -0.1) is 0 Å². The molecule has 0 N–H and O–H groups in total. The van der Waals surface area contributed by atoms with Crippen LogP contribution < -0.4 is 0 Å². The van der Waals surface area contributed by atoms with E-state index < -0.39 is 0 Å². The largest absolute Gasteiger partial charge is 0.339 e. The van der Waals surface area contributed by atoms with Crippen LogP contribution >= 0.6 is 11.6 Å². The third kappa shape index (κ3) is 3.70. The number of halogens is 1. The molecule has 2 saturated heterocycles. The minimum absolute atomic E-state index is 0.00480. The molecule has 0 aromatic carbocycles. The van der Waals surface area contributed by atoms with E-state index in [9.17, 15) is 9.59 Å². The molecule has 1 aromatic rings. The van der Waals surface area contributed by atoms with Gasteiger partial charge in [-0.3, -0.25) is 14.5 Å². The highest BCUT2D eigenvalue weighted by molar-refractivity contribution is 6.30. The summed E-state index contributed by atoms with van der Waals surface area (Å²) in [5.74, 6) is 0.105. The Kier molecular flexibility index (Phi) is 5.36. The first kappa shape index (κ1) is 17.2. The van der Waals surface area contributed by atoms with E-state index >= 15 is 0 Å². The molecule has 24 heavy (non-hydrogen) atoms. The van der Waals surface area contributed by atoms with Crippen molar-refractivity contribution in [1.29, 1.82) is 0 Å². The Morgan fingerprint density at radius 2 is 1.83 bits per heavy atom. The Balaban J connectivity index is 1.61. The number of amides is 2. The van der Waals surface area contributed by atoms with Crippen LogP contribution in [-0.2, 0) is 4.79 Å². The van der Waals surface area contributed by atoms with Crippen LogP contribution in [0, 0.1) is 0 Å². The van der Waals surface area contributed by atoms with E-state index in [-0.39, 0.29) is 17.9 Å². The maximum Gasteiger partial charge on any atom is 0.272 e. The van der Waals surface area contributed by atoms with Crippen LogP contribution in [0.4, 0.5) is 0 Å². The second-order valence-corrected chi connectivity index (χ2v) is 6.91. The topological polar surface area (TPSA) is 56.8 Å². The molecular formula is C17H23ClN4O2. The molecule has 2 aliphatic heterocycles. The van der Waals surface area contributed by atoms with Crippen LogP contribution in [0.3, 0.4) is 0 Å². The molecule has 1 atom stereocenters. The highest BCUT2D eigenvalue weighted by Gasteiger charge is 2.32. The van der Waals surface area contributed by atoms with Gasteiger partial charge in [-0.05, 0) is 45.0 Å². The van der Waals surface area contributed by atoms with Crippen molar-refractivity contribution >= 4 is 23.4 Å². The van der Waals surface area contributed by atoms with Crippen molar-refractivity contribution in [3.05, 3.63) is 29.0 Å². The molecule has 6 nitrogen and oxygen atoms in total. The first-order valence-corrected chi connectivity index (χ1v) is 8.84. The van der Waals surface area contributed by atoms with Gasteiger partial charge in [0.25, 0.3) is 5.91 Å². The minimum Gasteiger partial charge on any atom is -0.339 e. The van der Waals surface area contributed by atoms with Crippen molar-refractivity contribution in [2.24, 2.45) is 0 Å². The van der Waals surface area contributed by atoms with E-state index in [2.05, 4.69) is 9.88 Å². The van der Waals surface area contributed by atoms with Crippen molar-refractivity contribution in [3.8, 4) is 0 Å². The van der Waals surface area contributed by atoms with E-state index in [4.69, 9.17) is 11.6 Å². The molecule has 0 bridgehead atoms. The number of hydrogen-bond donors (Lipinski definition) is 0. The SMILES string of the molecule is CN1CCC[C@H]1C(=O)N1CCCN(C(=O)c2ccc(Cl)cn2)CC1. The summed E-state index contributed by atoms with van der Waals surface area (Å²) in [6.07, 6.45) is 4.29. The number of nitrogens with zero attached hydrogens (tertiary/aromatic N) is 4. The van der Waals surface area contributed by atoms with Crippen LogP contribution in [0.1, 0.15) is 29.8 Å². The third-order valence-corrected chi connectivity index (χ3v) is 5.07. The van der Waals surface area contributed by atoms with Gasteiger partial charge in [0, 0.05) is 32.4 Å². The van der Waals surface area contributed by atoms with Crippen molar-refractivity contribution in [2.45, 2.75) is 25.3 Å². The standard InChI is InChI=1S/C17H23ClN4O2/c1-20-7-2-4-15(20)17(24)22-9-3-8-21(10-11-22)16(23)14-6-5-13(18)12-19-14/h5-6,12,15H,2-4,7-11H2,1H3/t15-/m0/s1. The number of likely N-dealkylation sites (N-methyl/N-ethyl adjacent to an activating group) is 1. The van der Waals surface area contributed by atoms with Crippen LogP contribution in [0.2, 0.25) is 5.02 Å². The number of carbonyl (C=O) groups excluding carboxylic acids is 2. The zero-order chi connectivity index (χ0) is 17.1. The van der Waals surface area contributed by atoms with Crippen LogP contribution in [0.25, 0.3) is 0 Å². The fraction of sp³-hybridized carbons (Fsp3) is 0.588. The maximum absolute atomic E-state index is 12.7. The van der Waals surface area contributed by atoms with Gasteiger partial charge >= 0.3 is 0 Å². The molecule has 7 heteroatoms. The minimum atomic E-state index is -0.0982. The molecule has 2 fully saturated rings. The third-order valence-electron chi connectivity index (χ3n) is 4.85. The van der Waals surface area contributed by atoms with Crippen LogP contribution in [-0.4, -0.2) is 77.3 Å². The van der Waals surface area contributed by atoms with Gasteiger partial charge in [0.1, 0.15) is 5.69 Å². The first-order valence-electron chi connectivity index (χ1n) is 8.46. The Hall–Kier alpha value is -1.66. The van der Waals surface area contributed by atoms with E-state index in [0.717, 1.165) is 25.8 Å². The predicted molar refractivity (Wildman–Crippen MR) is 92.0 cm³/mol. The Morgan fingerprint density at radius 1 is 1.08 bits per heavy atom. The number of rotatable bonds is 2. The average molecular weight is 351 g/mol. The maximum atomic E-state index is 12.7. The number of aromatic nitrogens is 1. The summed E-state index contributed by atoms with van der Waals surface area (Å²) in [7, 11) is 2.01. The van der Waals surface area contributed by atoms with E-state index in [1.165, 1.54) is 6.20 Å². The average Bonchev–Trinajstić information content (AvgIpc) is 2.86. The van der Waals surface area contributed by atoms with Gasteiger partial charge in [0.05, 0.1) is 11.1 Å². The molecule has 0 spiro atoms. The fourth-order valence-corrected chi connectivity index (χ4v) is 3.55. The number of hydrogen-bond acceptors (Lipinski definition) is 4. The Labute approximate surface area is 147 Å². The first-order chi connectivity index (χ1) is 11.6. The summed E-state index contributed by atoms with van der Waals surface area (Å²) in [4.78, 5) is 35.2. The van der Waals surface area contributed by atoms with Crippen LogP contribution in [0.15, 0.2) is 18.3 Å². The van der Waals surface area contributed by atoms with Gasteiger partial charge in [0.15, 0.2) is 0 Å². The number of likely N-dealkylation sites (tertiary alicyclic amines) is 1. The van der Waals surface area contributed by atoms with Gasteiger partial charge in [-0.1, -0.05) is 11.6 Å². The predicted octanol–water partition coefficient (Wildman–Crippen LogP) is 1.50. The van der Waals surface area contributed by atoms with Gasteiger partial charge in [0.2, 0.25) is 5.91 Å². The molecule has 0 saturated carbocycles. The second kappa shape index (κ2) is 7.49. The zero-order valence-electron chi connectivity index (χ0n) is 13.9. The summed E-state index contributed by atoms with van der Waals surface area (Å²) in [6.45, 7) is 3.47. The molecule has 3 heterocycles. The van der Waals surface area contributed by atoms with E-state index in [1.54, 1.807) is 17.0 Å². The zero-order valence-corrected chi connectivity index (χ0v) is 14.7. The lowest BCUT2D eigenvalue weighted by Gasteiger charge is -2.27. The number of pyridine rings is 1. The highest BCUT2D eigenvalue weighted by Crippen LogP contribution is 2.18. The lowest BCUT2D eigenvalue weighted by atomic mass is 10.2. The monoisotopic (exact) mass is 350 g/mol. The van der Waals surface area contributed by atoms with Crippen molar-refractivity contribution in [2.75, 3.05) is 39.8 Å². The molecule has 2 aliphatic rings. The summed E-state index contributed by atoms with van der Waals surface area (Å²) in [6, 6.07) is 3.32. The summed E-state index contributed by atoms with van der Waals surface area (Å²) >= 11 is 5.82. The smallest absolute Gasteiger partial charge is 0.272 e. The summed E-state index contributed by atoms with van der Waals surface area (Å²) in [5.41, 5.74) is 0.398. The second-order valence-electron chi connectivity index (χ2n) is 6.47. The van der Waals surface area contributed by atoms with Gasteiger partial charge < -0.3 is 9.80 Å². The number of carbonyl (C=O) groups is 2. The molecule has 1 aromatic heterocycles.